The van der Waals surface area contributed by atoms with E-state index in [0.29, 0.717) is 17.1 Å². The molecule has 4 heteroatoms. The molecule has 0 spiro atoms. The molecule has 0 radical (unpaired) electrons. The predicted molar refractivity (Wildman–Crippen MR) is 228 cm³/mol. The Hall–Kier alpha value is -6.26. The molecule has 0 aliphatic heterocycles. The number of aromatic nitrogens is 3. The Balaban J connectivity index is 1.25. The monoisotopic (exact) mass is 718 g/mol. The second-order valence-corrected chi connectivity index (χ2v) is 15.7. The lowest BCUT2D eigenvalue weighted by molar-refractivity contribution is 0.463. The number of rotatable bonds is 6. The van der Waals surface area contributed by atoms with Gasteiger partial charge in [-0.05, 0) is 119 Å². The van der Waals surface area contributed by atoms with E-state index in [-0.39, 0.29) is 5.41 Å². The minimum Gasteiger partial charge on any atom is -0.507 e. The van der Waals surface area contributed by atoms with Gasteiger partial charge in [-0.15, -0.1) is 0 Å². The summed E-state index contributed by atoms with van der Waals surface area (Å²) in [5.41, 5.74) is 14.9. The Kier molecular flexibility index (Phi) is 7.84. The second-order valence-electron chi connectivity index (χ2n) is 15.7. The van der Waals surface area contributed by atoms with Gasteiger partial charge in [0, 0.05) is 27.0 Å². The fourth-order valence-corrected chi connectivity index (χ4v) is 8.07. The van der Waals surface area contributed by atoms with Gasteiger partial charge in [-0.25, -0.2) is 4.98 Å². The van der Waals surface area contributed by atoms with Crippen LogP contribution in [-0.2, 0) is 18.3 Å². The van der Waals surface area contributed by atoms with Crippen molar-refractivity contribution < 1.29 is 9.22 Å². The lowest BCUT2D eigenvalue weighted by Crippen LogP contribution is -2.11. The number of nitrogens with zero attached hydrogens (tertiary/aromatic N) is 3. The van der Waals surface area contributed by atoms with Crippen molar-refractivity contribution in [3.05, 3.63) is 168 Å². The number of fused-ring (bicyclic) bond motifs is 2. The third kappa shape index (κ3) is 6.42. The minimum atomic E-state index is -2.16. The summed E-state index contributed by atoms with van der Waals surface area (Å²) in [5, 5.41) is 12.0. The Morgan fingerprint density at radius 2 is 1.40 bits per heavy atom. The van der Waals surface area contributed by atoms with Crippen LogP contribution in [0.15, 0.2) is 146 Å². The van der Waals surface area contributed by atoms with E-state index in [1.807, 2.05) is 30.5 Å². The first-order valence-corrected chi connectivity index (χ1v) is 19.2. The quantitative estimate of drug-likeness (QED) is 0.186. The molecule has 0 bridgehead atoms. The van der Waals surface area contributed by atoms with Gasteiger partial charge in [0.25, 0.3) is 0 Å². The number of aromatic hydroxyl groups is 1. The summed E-state index contributed by atoms with van der Waals surface area (Å²) in [7, 11) is 0. The number of hydrogen-bond acceptors (Lipinski definition) is 3. The van der Waals surface area contributed by atoms with E-state index in [1.54, 1.807) is 12.1 Å². The van der Waals surface area contributed by atoms with E-state index >= 15 is 0 Å². The van der Waals surface area contributed by atoms with Crippen LogP contribution in [0.3, 0.4) is 0 Å². The highest BCUT2D eigenvalue weighted by Crippen LogP contribution is 2.43. The molecule has 0 atom stereocenters. The number of phenols is 1. The molecule has 1 aliphatic rings. The molecular formula is C51H45N3O. The fourth-order valence-electron chi connectivity index (χ4n) is 8.07. The number of aryl methyl sites for hydroxylation is 2. The third-order valence-corrected chi connectivity index (χ3v) is 11.0. The van der Waals surface area contributed by atoms with Crippen molar-refractivity contribution in [1.29, 1.82) is 0 Å². The highest BCUT2D eigenvalue weighted by atomic mass is 16.3. The normalized spacial score (nSPS) is 13.9. The SMILES string of the molecule is [2H]C([2H])([2H])c1ccc(-c2ccnc(-c3cc(-c4cccc5c4nc(-c4ccc6c(c4O)CCCC6)n5-c4ccccc4-c4ccccc4)cc(C(C)(C)C)c3)c2)cc1. The van der Waals surface area contributed by atoms with Crippen LogP contribution in [-0.4, -0.2) is 19.6 Å². The maximum atomic E-state index is 12.0. The van der Waals surface area contributed by atoms with Crippen molar-refractivity contribution in [2.24, 2.45) is 0 Å². The van der Waals surface area contributed by atoms with Gasteiger partial charge < -0.3 is 5.11 Å². The standard InChI is InChI=1S/C51H45N3O/c1-33-21-23-34(24-22-33)37-27-28-52-45(32-37)39-29-38(30-40(31-39)51(2,3)4)42-18-12-20-47-48(42)53-50(44-26-25-36-15-8-9-17-43(36)49(44)55)54(47)46-19-11-10-16-41(46)35-13-6-5-7-14-35/h5-7,10-14,16,18-32,55H,8-9,15,17H2,1-4H3/i1D3. The van der Waals surface area contributed by atoms with Crippen molar-refractivity contribution in [2.75, 3.05) is 0 Å². The molecule has 9 rings (SSSR count). The van der Waals surface area contributed by atoms with Crippen molar-refractivity contribution >= 4 is 11.0 Å². The van der Waals surface area contributed by atoms with Crippen LogP contribution in [0.4, 0.5) is 0 Å². The topological polar surface area (TPSA) is 50.9 Å². The molecule has 6 aromatic carbocycles. The molecule has 4 nitrogen and oxygen atoms in total. The lowest BCUT2D eigenvalue weighted by Gasteiger charge is -2.22. The molecular weight excluding hydrogens is 671 g/mol. The van der Waals surface area contributed by atoms with Gasteiger partial charge in [0.15, 0.2) is 0 Å². The largest absolute Gasteiger partial charge is 0.507 e. The van der Waals surface area contributed by atoms with E-state index < -0.39 is 6.85 Å². The summed E-state index contributed by atoms with van der Waals surface area (Å²) >= 11 is 0. The number of pyridine rings is 1. The highest BCUT2D eigenvalue weighted by Gasteiger charge is 2.25. The molecule has 0 fully saturated rings. The zero-order valence-corrected chi connectivity index (χ0v) is 31.5. The lowest BCUT2D eigenvalue weighted by atomic mass is 9.83. The number of benzene rings is 6. The summed E-state index contributed by atoms with van der Waals surface area (Å²) in [6, 6.07) is 47.3. The van der Waals surface area contributed by atoms with Crippen LogP contribution in [0.1, 0.15) is 60.0 Å². The molecule has 55 heavy (non-hydrogen) atoms. The Morgan fingerprint density at radius 1 is 0.636 bits per heavy atom. The van der Waals surface area contributed by atoms with Crippen LogP contribution >= 0.6 is 0 Å². The summed E-state index contributed by atoms with van der Waals surface area (Å²) in [5.74, 6) is 1.02. The summed E-state index contributed by atoms with van der Waals surface area (Å²) in [6.07, 6.45) is 5.83. The van der Waals surface area contributed by atoms with Crippen molar-refractivity contribution in [1.82, 2.24) is 14.5 Å². The maximum absolute atomic E-state index is 12.0. The Bertz CT molecular complexity index is 2810. The highest BCUT2D eigenvalue weighted by molar-refractivity contribution is 5.97. The minimum absolute atomic E-state index is 0.171. The van der Waals surface area contributed by atoms with Crippen LogP contribution in [0.2, 0.25) is 0 Å². The van der Waals surface area contributed by atoms with E-state index in [1.165, 1.54) is 5.56 Å². The van der Waals surface area contributed by atoms with Crippen LogP contribution in [0.25, 0.3) is 72.7 Å². The van der Waals surface area contributed by atoms with Gasteiger partial charge in [-0.2, -0.15) is 0 Å². The van der Waals surface area contributed by atoms with Crippen molar-refractivity contribution in [2.45, 2.75) is 58.7 Å². The van der Waals surface area contributed by atoms with Crippen LogP contribution in [0.5, 0.6) is 5.75 Å². The molecule has 0 unspecified atom stereocenters. The summed E-state index contributed by atoms with van der Waals surface area (Å²) in [4.78, 5) is 10.4. The zero-order valence-electron chi connectivity index (χ0n) is 34.5. The first-order valence-electron chi connectivity index (χ1n) is 20.7. The average Bonchev–Trinajstić information content (AvgIpc) is 3.63. The van der Waals surface area contributed by atoms with Gasteiger partial charge in [-0.3, -0.25) is 9.55 Å². The molecule has 1 N–H and O–H groups in total. The first-order chi connectivity index (χ1) is 27.9. The Labute approximate surface area is 328 Å². The van der Waals surface area contributed by atoms with Gasteiger partial charge in [0.05, 0.1) is 28.0 Å². The number of hydrogen-bond donors (Lipinski definition) is 1. The predicted octanol–water partition coefficient (Wildman–Crippen LogP) is 12.9. The molecule has 2 heterocycles. The van der Waals surface area contributed by atoms with Gasteiger partial charge in [0.2, 0.25) is 0 Å². The van der Waals surface area contributed by atoms with E-state index in [9.17, 15) is 5.11 Å². The van der Waals surface area contributed by atoms with Gasteiger partial charge in [0.1, 0.15) is 11.6 Å². The smallest absolute Gasteiger partial charge is 0.149 e. The molecule has 2 aromatic heterocycles. The molecule has 0 saturated carbocycles. The number of imidazole rings is 1. The molecule has 0 saturated heterocycles. The molecule has 0 amide bonds. The van der Waals surface area contributed by atoms with Crippen molar-refractivity contribution in [3.63, 3.8) is 0 Å². The van der Waals surface area contributed by atoms with Crippen LogP contribution in [0, 0.1) is 6.85 Å². The average molecular weight is 719 g/mol. The Morgan fingerprint density at radius 3 is 2.22 bits per heavy atom. The maximum Gasteiger partial charge on any atom is 0.149 e. The first kappa shape index (κ1) is 31.1. The number of para-hydroxylation sites is 2. The molecule has 8 aromatic rings. The molecule has 270 valence electrons. The summed E-state index contributed by atoms with van der Waals surface area (Å²) < 4.78 is 25.6. The summed E-state index contributed by atoms with van der Waals surface area (Å²) in [6.45, 7) is 4.51. The van der Waals surface area contributed by atoms with E-state index in [4.69, 9.17) is 14.1 Å². The number of phenolic OH excluding ortho intramolecular Hbond substituents is 1. The zero-order chi connectivity index (χ0) is 40.2. The second kappa shape index (κ2) is 13.9. The van der Waals surface area contributed by atoms with Crippen molar-refractivity contribution in [3.8, 4) is 67.5 Å². The third-order valence-electron chi connectivity index (χ3n) is 11.0. The van der Waals surface area contributed by atoms with E-state index in [0.717, 1.165) is 104 Å². The van der Waals surface area contributed by atoms with Gasteiger partial charge >= 0.3 is 0 Å². The van der Waals surface area contributed by atoms with Gasteiger partial charge in [-0.1, -0.05) is 123 Å². The molecule has 1 aliphatic carbocycles. The fraction of sp³-hybridized carbons (Fsp3) is 0.176. The van der Waals surface area contributed by atoms with Crippen LogP contribution < -0.4 is 0 Å². The van der Waals surface area contributed by atoms with E-state index in [2.05, 4.69) is 128 Å².